The molecule has 2 atom stereocenters. The van der Waals surface area contributed by atoms with Crippen LogP contribution in [0.5, 0.6) is 0 Å². The summed E-state index contributed by atoms with van der Waals surface area (Å²) in [6.07, 6.45) is 5.56. The van der Waals surface area contributed by atoms with Crippen LogP contribution in [0.4, 0.5) is 0 Å². The van der Waals surface area contributed by atoms with Gasteiger partial charge in [0, 0.05) is 6.04 Å². The zero-order valence-electron chi connectivity index (χ0n) is 8.68. The topological polar surface area (TPSA) is 24.1 Å². The number of nitrogens with one attached hydrogen (secondary N) is 2. The highest BCUT2D eigenvalue weighted by molar-refractivity contribution is 4.86. The molecule has 76 valence electrons. The lowest BCUT2D eigenvalue weighted by Gasteiger charge is -2.38. The van der Waals surface area contributed by atoms with Crippen molar-refractivity contribution in [2.45, 2.75) is 38.6 Å². The SMILES string of the molecule is CC1CCCNC1C1CCNCC1. The molecule has 13 heavy (non-hydrogen) atoms. The first-order valence-electron chi connectivity index (χ1n) is 5.82. The van der Waals surface area contributed by atoms with Gasteiger partial charge in [0.05, 0.1) is 0 Å². The first-order valence-corrected chi connectivity index (χ1v) is 5.82. The number of hydrogen-bond donors (Lipinski definition) is 2. The lowest BCUT2D eigenvalue weighted by atomic mass is 9.79. The van der Waals surface area contributed by atoms with Crippen LogP contribution >= 0.6 is 0 Å². The summed E-state index contributed by atoms with van der Waals surface area (Å²) in [6, 6.07) is 0.816. The molecule has 0 aliphatic carbocycles. The Morgan fingerprint density at radius 2 is 1.77 bits per heavy atom. The fourth-order valence-corrected chi connectivity index (χ4v) is 2.91. The molecule has 2 heterocycles. The lowest BCUT2D eigenvalue weighted by molar-refractivity contribution is 0.188. The van der Waals surface area contributed by atoms with Gasteiger partial charge >= 0.3 is 0 Å². The Kier molecular flexibility index (Phi) is 3.23. The fourth-order valence-electron chi connectivity index (χ4n) is 2.91. The summed E-state index contributed by atoms with van der Waals surface area (Å²) in [6.45, 7) is 6.13. The van der Waals surface area contributed by atoms with E-state index in [1.165, 1.54) is 45.3 Å². The van der Waals surface area contributed by atoms with E-state index in [2.05, 4.69) is 17.6 Å². The smallest absolute Gasteiger partial charge is 0.0122 e. The van der Waals surface area contributed by atoms with E-state index >= 15 is 0 Å². The number of piperidine rings is 2. The van der Waals surface area contributed by atoms with Crippen LogP contribution in [0.25, 0.3) is 0 Å². The molecule has 0 radical (unpaired) electrons. The van der Waals surface area contributed by atoms with Crippen LogP contribution in [0.3, 0.4) is 0 Å². The van der Waals surface area contributed by atoms with Gasteiger partial charge < -0.3 is 10.6 Å². The molecule has 2 saturated heterocycles. The van der Waals surface area contributed by atoms with Gasteiger partial charge in [-0.15, -0.1) is 0 Å². The van der Waals surface area contributed by atoms with Gasteiger partial charge in [0.25, 0.3) is 0 Å². The summed E-state index contributed by atoms with van der Waals surface area (Å²) < 4.78 is 0. The van der Waals surface area contributed by atoms with Crippen LogP contribution in [-0.4, -0.2) is 25.7 Å². The molecule has 2 unspecified atom stereocenters. The molecule has 2 heteroatoms. The highest BCUT2D eigenvalue weighted by atomic mass is 15.0. The third-order valence-corrected chi connectivity index (χ3v) is 3.72. The molecule has 2 nitrogen and oxygen atoms in total. The summed E-state index contributed by atoms with van der Waals surface area (Å²) in [7, 11) is 0. The second-order valence-electron chi connectivity index (χ2n) is 4.69. The highest BCUT2D eigenvalue weighted by Gasteiger charge is 2.29. The molecular weight excluding hydrogens is 160 g/mol. The van der Waals surface area contributed by atoms with Gasteiger partial charge in [0.15, 0.2) is 0 Å². The van der Waals surface area contributed by atoms with Crippen LogP contribution in [0.15, 0.2) is 0 Å². The Bertz CT molecular complexity index is 152. The van der Waals surface area contributed by atoms with Crippen molar-refractivity contribution in [3.63, 3.8) is 0 Å². The molecular formula is C11H22N2. The number of rotatable bonds is 1. The van der Waals surface area contributed by atoms with Crippen molar-refractivity contribution in [1.82, 2.24) is 10.6 Å². The molecule has 2 rings (SSSR count). The molecule has 0 aromatic carbocycles. The molecule has 0 bridgehead atoms. The highest BCUT2D eigenvalue weighted by Crippen LogP contribution is 2.26. The average molecular weight is 182 g/mol. The molecule has 2 fully saturated rings. The molecule has 2 N–H and O–H groups in total. The first-order chi connectivity index (χ1) is 6.38. The van der Waals surface area contributed by atoms with E-state index in [1.54, 1.807) is 0 Å². The predicted molar refractivity (Wildman–Crippen MR) is 55.8 cm³/mol. The molecule has 0 aromatic rings. The quantitative estimate of drug-likeness (QED) is 0.640. The maximum Gasteiger partial charge on any atom is 0.0122 e. The zero-order chi connectivity index (χ0) is 9.10. The standard InChI is InChI=1S/C11H22N2/c1-9-3-2-6-13-11(9)10-4-7-12-8-5-10/h9-13H,2-8H2,1H3. The summed E-state index contributed by atoms with van der Waals surface area (Å²) in [4.78, 5) is 0. The second-order valence-corrected chi connectivity index (χ2v) is 4.69. The van der Waals surface area contributed by atoms with Gasteiger partial charge in [-0.2, -0.15) is 0 Å². The molecule has 2 aliphatic heterocycles. The molecule has 0 aromatic heterocycles. The van der Waals surface area contributed by atoms with Crippen LogP contribution in [0, 0.1) is 11.8 Å². The van der Waals surface area contributed by atoms with Gasteiger partial charge in [-0.1, -0.05) is 6.92 Å². The van der Waals surface area contributed by atoms with Crippen LogP contribution in [0.2, 0.25) is 0 Å². The second kappa shape index (κ2) is 4.43. The lowest BCUT2D eigenvalue weighted by Crippen LogP contribution is -2.48. The maximum absolute atomic E-state index is 3.71. The summed E-state index contributed by atoms with van der Waals surface area (Å²) in [5.41, 5.74) is 0. The summed E-state index contributed by atoms with van der Waals surface area (Å²) in [5, 5.41) is 7.15. The van der Waals surface area contributed by atoms with Crippen LogP contribution in [-0.2, 0) is 0 Å². The summed E-state index contributed by atoms with van der Waals surface area (Å²) >= 11 is 0. The Morgan fingerprint density at radius 3 is 2.46 bits per heavy atom. The predicted octanol–water partition coefficient (Wildman–Crippen LogP) is 1.37. The summed E-state index contributed by atoms with van der Waals surface area (Å²) in [5.74, 6) is 1.84. The Hall–Kier alpha value is -0.0800. The van der Waals surface area contributed by atoms with Crippen molar-refractivity contribution in [2.75, 3.05) is 19.6 Å². The van der Waals surface area contributed by atoms with Crippen molar-refractivity contribution in [2.24, 2.45) is 11.8 Å². The van der Waals surface area contributed by atoms with Gasteiger partial charge in [-0.25, -0.2) is 0 Å². The third-order valence-electron chi connectivity index (χ3n) is 3.72. The number of hydrogen-bond acceptors (Lipinski definition) is 2. The molecule has 0 saturated carbocycles. The minimum absolute atomic E-state index is 0.816. The Morgan fingerprint density at radius 1 is 1.00 bits per heavy atom. The fraction of sp³-hybridized carbons (Fsp3) is 1.00. The largest absolute Gasteiger partial charge is 0.317 e. The van der Waals surface area contributed by atoms with Crippen molar-refractivity contribution < 1.29 is 0 Å². The van der Waals surface area contributed by atoms with E-state index in [9.17, 15) is 0 Å². The minimum Gasteiger partial charge on any atom is -0.317 e. The maximum atomic E-state index is 3.71. The Balaban J connectivity index is 1.88. The van der Waals surface area contributed by atoms with Crippen molar-refractivity contribution in [1.29, 1.82) is 0 Å². The van der Waals surface area contributed by atoms with Gasteiger partial charge in [0.2, 0.25) is 0 Å². The van der Waals surface area contributed by atoms with E-state index in [-0.39, 0.29) is 0 Å². The molecule has 0 amide bonds. The third kappa shape index (κ3) is 2.23. The Labute approximate surface area is 81.5 Å². The van der Waals surface area contributed by atoms with Crippen molar-refractivity contribution in [3.8, 4) is 0 Å². The van der Waals surface area contributed by atoms with Crippen LogP contribution < -0.4 is 10.6 Å². The van der Waals surface area contributed by atoms with Crippen LogP contribution in [0.1, 0.15) is 32.6 Å². The average Bonchev–Trinajstić information content (AvgIpc) is 2.20. The van der Waals surface area contributed by atoms with E-state index < -0.39 is 0 Å². The molecule has 0 spiro atoms. The van der Waals surface area contributed by atoms with Crippen molar-refractivity contribution in [3.05, 3.63) is 0 Å². The monoisotopic (exact) mass is 182 g/mol. The van der Waals surface area contributed by atoms with E-state index in [4.69, 9.17) is 0 Å². The molecule has 2 aliphatic rings. The van der Waals surface area contributed by atoms with Gasteiger partial charge in [0.1, 0.15) is 0 Å². The van der Waals surface area contributed by atoms with Gasteiger partial charge in [-0.05, 0) is 57.2 Å². The van der Waals surface area contributed by atoms with E-state index in [0.29, 0.717) is 0 Å². The minimum atomic E-state index is 0.816. The normalized spacial score (nSPS) is 37.6. The van der Waals surface area contributed by atoms with Gasteiger partial charge in [-0.3, -0.25) is 0 Å². The first kappa shape index (κ1) is 9.47. The van der Waals surface area contributed by atoms with E-state index in [0.717, 1.165) is 17.9 Å². The van der Waals surface area contributed by atoms with E-state index in [1.807, 2.05) is 0 Å². The zero-order valence-corrected chi connectivity index (χ0v) is 8.68. The van der Waals surface area contributed by atoms with Crippen molar-refractivity contribution >= 4 is 0 Å².